The van der Waals surface area contributed by atoms with E-state index >= 15 is 0 Å². The van der Waals surface area contributed by atoms with Gasteiger partial charge in [-0.05, 0) is 24.3 Å². The summed E-state index contributed by atoms with van der Waals surface area (Å²) in [5.41, 5.74) is 0.593. The van der Waals surface area contributed by atoms with Crippen LogP contribution in [0.2, 0.25) is 0 Å². The van der Waals surface area contributed by atoms with E-state index in [1.54, 1.807) is 6.07 Å². The molecule has 1 aromatic heterocycles. The average molecular weight is 325 g/mol. The number of rotatable bonds is 6. The summed E-state index contributed by atoms with van der Waals surface area (Å²) < 4.78 is 5.70. The number of para-hydroxylation sites is 1. The van der Waals surface area contributed by atoms with E-state index in [2.05, 4.69) is 5.32 Å². The molecular formula is C18H15NO5. The van der Waals surface area contributed by atoms with Crippen LogP contribution in [-0.2, 0) is 6.42 Å². The first-order chi connectivity index (χ1) is 11.6. The molecule has 0 aliphatic carbocycles. The van der Waals surface area contributed by atoms with Crippen LogP contribution in [0, 0.1) is 0 Å². The molecule has 0 unspecified atom stereocenters. The molecule has 122 valence electrons. The Kier molecular flexibility index (Phi) is 4.20. The number of hydrogen-bond donors (Lipinski definition) is 3. The van der Waals surface area contributed by atoms with Gasteiger partial charge in [-0.2, -0.15) is 0 Å². The lowest BCUT2D eigenvalue weighted by molar-refractivity contribution is 0.0652. The highest BCUT2D eigenvalue weighted by Crippen LogP contribution is 2.22. The average Bonchev–Trinajstić information content (AvgIpc) is 2.97. The van der Waals surface area contributed by atoms with Crippen molar-refractivity contribution < 1.29 is 24.2 Å². The van der Waals surface area contributed by atoms with Crippen LogP contribution in [0.15, 0.2) is 52.9 Å². The van der Waals surface area contributed by atoms with Gasteiger partial charge >= 0.3 is 11.9 Å². The van der Waals surface area contributed by atoms with Crippen molar-refractivity contribution in [3.63, 3.8) is 0 Å². The predicted octanol–water partition coefficient (Wildman–Crippen LogP) is 3.48. The zero-order valence-corrected chi connectivity index (χ0v) is 12.7. The van der Waals surface area contributed by atoms with Gasteiger partial charge in [0, 0.05) is 24.0 Å². The van der Waals surface area contributed by atoms with Crippen molar-refractivity contribution >= 4 is 28.6 Å². The molecule has 0 fully saturated rings. The Hall–Kier alpha value is -3.28. The van der Waals surface area contributed by atoms with Gasteiger partial charge in [0.05, 0.1) is 11.1 Å². The van der Waals surface area contributed by atoms with E-state index in [1.807, 2.05) is 30.3 Å². The Morgan fingerprint density at radius 1 is 1.00 bits per heavy atom. The minimum atomic E-state index is -1.28. The van der Waals surface area contributed by atoms with Crippen LogP contribution in [0.3, 0.4) is 0 Å². The third kappa shape index (κ3) is 3.08. The van der Waals surface area contributed by atoms with Crippen molar-refractivity contribution in [3.05, 3.63) is 65.4 Å². The number of carbonyl (C=O) groups is 2. The smallest absolute Gasteiger partial charge is 0.338 e. The van der Waals surface area contributed by atoms with E-state index in [1.165, 1.54) is 12.1 Å². The Bertz CT molecular complexity index is 880. The van der Waals surface area contributed by atoms with Crippen molar-refractivity contribution in [3.8, 4) is 0 Å². The highest BCUT2D eigenvalue weighted by Gasteiger charge is 2.19. The minimum Gasteiger partial charge on any atom is -0.478 e. The van der Waals surface area contributed by atoms with Gasteiger partial charge in [-0.15, -0.1) is 0 Å². The fraction of sp³-hybridized carbons (Fsp3) is 0.111. The van der Waals surface area contributed by atoms with Gasteiger partial charge in [-0.3, -0.25) is 0 Å². The summed E-state index contributed by atoms with van der Waals surface area (Å²) in [6.07, 6.45) is 0.547. The molecule has 0 radical (unpaired) electrons. The number of fused-ring (bicyclic) bond motifs is 1. The third-order valence-corrected chi connectivity index (χ3v) is 3.67. The van der Waals surface area contributed by atoms with E-state index < -0.39 is 11.9 Å². The maximum absolute atomic E-state index is 11.4. The molecule has 1 heterocycles. The van der Waals surface area contributed by atoms with Crippen LogP contribution in [0.25, 0.3) is 11.0 Å². The number of hydrogen-bond acceptors (Lipinski definition) is 4. The van der Waals surface area contributed by atoms with Gasteiger partial charge in [0.2, 0.25) is 0 Å². The summed E-state index contributed by atoms with van der Waals surface area (Å²) in [4.78, 5) is 22.5. The molecule has 6 nitrogen and oxygen atoms in total. The van der Waals surface area contributed by atoms with Gasteiger partial charge in [0.25, 0.3) is 0 Å². The van der Waals surface area contributed by atoms with E-state index in [4.69, 9.17) is 9.52 Å². The molecule has 24 heavy (non-hydrogen) atoms. The fourth-order valence-corrected chi connectivity index (χ4v) is 2.59. The van der Waals surface area contributed by atoms with E-state index in [-0.39, 0.29) is 16.8 Å². The lowest BCUT2D eigenvalue weighted by Crippen LogP contribution is -2.14. The molecule has 0 spiro atoms. The van der Waals surface area contributed by atoms with Gasteiger partial charge < -0.3 is 19.9 Å². The molecule has 3 rings (SSSR count). The Balaban J connectivity index is 1.75. The first kappa shape index (κ1) is 15.6. The lowest BCUT2D eigenvalue weighted by atomic mass is 10.1. The molecule has 3 aromatic rings. The molecule has 0 saturated heterocycles. The number of anilines is 1. The molecular weight excluding hydrogens is 310 g/mol. The normalized spacial score (nSPS) is 10.7. The second kappa shape index (κ2) is 6.45. The van der Waals surface area contributed by atoms with Crippen molar-refractivity contribution in [2.45, 2.75) is 6.42 Å². The van der Waals surface area contributed by atoms with Gasteiger partial charge in [-0.25, -0.2) is 9.59 Å². The molecule has 3 N–H and O–H groups in total. The molecule has 2 aromatic carbocycles. The number of nitrogens with one attached hydrogen (secondary N) is 1. The Morgan fingerprint density at radius 3 is 2.50 bits per heavy atom. The number of aromatic carboxylic acids is 2. The molecule has 0 atom stereocenters. The SMILES string of the molecule is O=C(O)c1cccc(NCCc2cc3ccccc3o2)c1C(=O)O. The summed E-state index contributed by atoms with van der Waals surface area (Å²) in [5.74, 6) is -1.78. The van der Waals surface area contributed by atoms with Gasteiger partial charge in [0.1, 0.15) is 11.3 Å². The number of carboxylic acid groups (broad SMARTS) is 2. The Labute approximate surface area is 137 Å². The highest BCUT2D eigenvalue weighted by atomic mass is 16.4. The topological polar surface area (TPSA) is 99.8 Å². The lowest BCUT2D eigenvalue weighted by Gasteiger charge is -2.11. The van der Waals surface area contributed by atoms with Crippen molar-refractivity contribution in [1.29, 1.82) is 0 Å². The summed E-state index contributed by atoms with van der Waals surface area (Å²) >= 11 is 0. The molecule has 6 heteroatoms. The first-order valence-corrected chi connectivity index (χ1v) is 7.37. The number of furan rings is 1. The maximum Gasteiger partial charge on any atom is 0.338 e. The monoisotopic (exact) mass is 325 g/mol. The van der Waals surface area contributed by atoms with Gasteiger partial charge in [-0.1, -0.05) is 24.3 Å². The van der Waals surface area contributed by atoms with Crippen LogP contribution in [0.4, 0.5) is 5.69 Å². The summed E-state index contributed by atoms with van der Waals surface area (Å²) in [7, 11) is 0. The van der Waals surface area contributed by atoms with Crippen LogP contribution in [-0.4, -0.2) is 28.7 Å². The molecule has 0 amide bonds. The van der Waals surface area contributed by atoms with Crippen LogP contribution in [0.5, 0.6) is 0 Å². The quantitative estimate of drug-likeness (QED) is 0.641. The van der Waals surface area contributed by atoms with E-state index in [9.17, 15) is 14.7 Å². The first-order valence-electron chi connectivity index (χ1n) is 7.37. The molecule has 0 aliphatic rings. The van der Waals surface area contributed by atoms with Crippen LogP contribution >= 0.6 is 0 Å². The highest BCUT2D eigenvalue weighted by molar-refractivity contribution is 6.05. The number of benzene rings is 2. The van der Waals surface area contributed by atoms with Gasteiger partial charge in [0.15, 0.2) is 0 Å². The predicted molar refractivity (Wildman–Crippen MR) is 88.8 cm³/mol. The zero-order chi connectivity index (χ0) is 17.1. The van der Waals surface area contributed by atoms with Crippen molar-refractivity contribution in [2.75, 3.05) is 11.9 Å². The standard InChI is InChI=1S/C18H15NO5/c20-17(21)13-5-3-6-14(16(13)18(22)23)19-9-8-12-10-11-4-1-2-7-15(11)24-12/h1-7,10,19H,8-9H2,(H,20,21)(H,22,23). The largest absolute Gasteiger partial charge is 0.478 e. The van der Waals surface area contributed by atoms with E-state index in [0.717, 1.165) is 16.7 Å². The molecule has 0 bridgehead atoms. The second-order valence-electron chi connectivity index (χ2n) is 5.27. The van der Waals surface area contributed by atoms with E-state index in [0.29, 0.717) is 13.0 Å². The maximum atomic E-state index is 11.4. The molecule has 0 saturated carbocycles. The van der Waals surface area contributed by atoms with Crippen molar-refractivity contribution in [1.82, 2.24) is 0 Å². The molecule has 0 aliphatic heterocycles. The summed E-state index contributed by atoms with van der Waals surface area (Å²) in [6, 6.07) is 13.9. The Morgan fingerprint density at radius 2 is 1.79 bits per heavy atom. The number of carboxylic acids is 2. The van der Waals surface area contributed by atoms with Crippen LogP contribution < -0.4 is 5.32 Å². The summed E-state index contributed by atoms with van der Waals surface area (Å²) in [5, 5.41) is 22.4. The van der Waals surface area contributed by atoms with Crippen molar-refractivity contribution in [2.24, 2.45) is 0 Å². The zero-order valence-electron chi connectivity index (χ0n) is 12.7. The third-order valence-electron chi connectivity index (χ3n) is 3.67. The fourth-order valence-electron chi connectivity index (χ4n) is 2.59. The second-order valence-corrected chi connectivity index (χ2v) is 5.27. The minimum absolute atomic E-state index is 0.240. The summed E-state index contributed by atoms with van der Waals surface area (Å²) in [6.45, 7) is 0.420. The van der Waals surface area contributed by atoms with Crippen LogP contribution in [0.1, 0.15) is 26.5 Å².